The van der Waals surface area contributed by atoms with Crippen LogP contribution in [0.4, 0.5) is 6.01 Å². The van der Waals surface area contributed by atoms with Crippen LogP contribution >= 0.6 is 0 Å². The lowest BCUT2D eigenvalue weighted by molar-refractivity contribution is 0.210. The van der Waals surface area contributed by atoms with E-state index in [0.29, 0.717) is 25.0 Å². The summed E-state index contributed by atoms with van der Waals surface area (Å²) in [6.07, 6.45) is 4.43. The molecule has 2 heterocycles. The molecule has 0 fully saturated rings. The quantitative estimate of drug-likeness (QED) is 0.785. The highest BCUT2D eigenvalue weighted by atomic mass is 16.5. The van der Waals surface area contributed by atoms with Gasteiger partial charge in [-0.1, -0.05) is 12.1 Å². The van der Waals surface area contributed by atoms with Gasteiger partial charge in [0.2, 0.25) is 5.82 Å². The van der Waals surface area contributed by atoms with Gasteiger partial charge >= 0.3 is 6.01 Å². The van der Waals surface area contributed by atoms with E-state index < -0.39 is 0 Å². The highest BCUT2D eigenvalue weighted by molar-refractivity contribution is 5.59. The predicted octanol–water partition coefficient (Wildman–Crippen LogP) is 1.75. The number of nitrogens with one attached hydrogen (secondary N) is 1. The molecule has 2 aromatic heterocycles. The van der Waals surface area contributed by atoms with Crippen molar-refractivity contribution < 1.29 is 9.26 Å². The summed E-state index contributed by atoms with van der Waals surface area (Å²) in [5, 5.41) is 6.95. The van der Waals surface area contributed by atoms with Gasteiger partial charge < -0.3 is 14.6 Å². The van der Waals surface area contributed by atoms with Gasteiger partial charge in [0.25, 0.3) is 0 Å². The number of ether oxygens (including phenoxy) is 1. The van der Waals surface area contributed by atoms with Crippen molar-refractivity contribution in [3.63, 3.8) is 0 Å². The van der Waals surface area contributed by atoms with Crippen LogP contribution in [0.3, 0.4) is 0 Å². The maximum atomic E-state index is 5.12. The number of methoxy groups -OCH3 is 1. The van der Waals surface area contributed by atoms with Gasteiger partial charge in [-0.25, -0.2) is 0 Å². The Balaban J connectivity index is 2.13. The fourth-order valence-corrected chi connectivity index (χ4v) is 1.59. The van der Waals surface area contributed by atoms with Gasteiger partial charge in [-0.3, -0.25) is 4.98 Å². The topological polar surface area (TPSA) is 73.1 Å². The van der Waals surface area contributed by atoms with Crippen molar-refractivity contribution in [3.8, 4) is 11.4 Å². The number of nitrogens with zero attached hydrogens (tertiary/aromatic N) is 3. The molecule has 96 valence electrons. The lowest BCUT2D eigenvalue weighted by Crippen LogP contribution is -2.07. The number of rotatable bonds is 6. The molecular weight excluding hydrogens is 232 g/mol. The van der Waals surface area contributed by atoms with Gasteiger partial charge in [0.15, 0.2) is 0 Å². The number of aryl methyl sites for hydroxylation is 1. The number of aromatic nitrogens is 3. The van der Waals surface area contributed by atoms with E-state index >= 15 is 0 Å². The second-order valence-electron chi connectivity index (χ2n) is 3.73. The average molecular weight is 248 g/mol. The fourth-order valence-electron chi connectivity index (χ4n) is 1.59. The first-order chi connectivity index (χ1) is 8.85. The molecule has 0 aliphatic rings. The number of hydrogen-bond acceptors (Lipinski definition) is 6. The van der Waals surface area contributed by atoms with E-state index in [1.165, 1.54) is 0 Å². The Kier molecular flexibility index (Phi) is 4.25. The highest BCUT2D eigenvalue weighted by Crippen LogP contribution is 2.21. The van der Waals surface area contributed by atoms with Crippen LogP contribution in [0.15, 0.2) is 23.0 Å². The van der Waals surface area contributed by atoms with Gasteiger partial charge in [-0.05, 0) is 18.1 Å². The molecule has 0 atom stereocenters. The standard InChI is InChI=1S/C12H16N4O2/c1-3-9-8-13-5-4-10(9)11-15-12(18-16-11)14-6-7-17-2/h4-5,8H,3,6-7H2,1-2H3,(H,14,15,16). The van der Waals surface area contributed by atoms with Crippen LogP contribution in [0.2, 0.25) is 0 Å². The van der Waals surface area contributed by atoms with Crippen molar-refractivity contribution in [3.05, 3.63) is 24.0 Å². The third kappa shape index (κ3) is 2.84. The zero-order chi connectivity index (χ0) is 12.8. The van der Waals surface area contributed by atoms with Gasteiger partial charge in [-0.2, -0.15) is 4.98 Å². The summed E-state index contributed by atoms with van der Waals surface area (Å²) in [7, 11) is 1.64. The molecule has 6 nitrogen and oxygen atoms in total. The maximum absolute atomic E-state index is 5.12. The molecule has 2 aromatic rings. The lowest BCUT2D eigenvalue weighted by atomic mass is 10.1. The van der Waals surface area contributed by atoms with Crippen LogP contribution in [0.5, 0.6) is 0 Å². The monoisotopic (exact) mass is 248 g/mol. The van der Waals surface area contributed by atoms with Crippen molar-refractivity contribution in [1.29, 1.82) is 0 Å². The molecule has 0 saturated carbocycles. The van der Waals surface area contributed by atoms with Crippen molar-refractivity contribution >= 4 is 6.01 Å². The Morgan fingerprint density at radius 3 is 3.11 bits per heavy atom. The minimum absolute atomic E-state index is 0.404. The number of anilines is 1. The number of hydrogen-bond donors (Lipinski definition) is 1. The van der Waals surface area contributed by atoms with E-state index in [9.17, 15) is 0 Å². The van der Waals surface area contributed by atoms with E-state index in [1.807, 2.05) is 12.3 Å². The van der Waals surface area contributed by atoms with Crippen LogP contribution in [-0.2, 0) is 11.2 Å². The first kappa shape index (κ1) is 12.5. The van der Waals surface area contributed by atoms with Crippen LogP contribution < -0.4 is 5.32 Å². The second-order valence-corrected chi connectivity index (χ2v) is 3.73. The van der Waals surface area contributed by atoms with E-state index in [0.717, 1.165) is 17.5 Å². The Bertz CT molecular complexity index is 498. The Labute approximate surface area is 105 Å². The van der Waals surface area contributed by atoms with Crippen molar-refractivity contribution in [2.45, 2.75) is 13.3 Å². The summed E-state index contributed by atoms with van der Waals surface area (Å²) < 4.78 is 10.0. The molecule has 18 heavy (non-hydrogen) atoms. The molecule has 0 amide bonds. The van der Waals surface area contributed by atoms with Crippen molar-refractivity contribution in [1.82, 2.24) is 15.1 Å². The third-order valence-corrected chi connectivity index (χ3v) is 2.53. The third-order valence-electron chi connectivity index (χ3n) is 2.53. The largest absolute Gasteiger partial charge is 0.383 e. The summed E-state index contributed by atoms with van der Waals surface area (Å²) >= 11 is 0. The summed E-state index contributed by atoms with van der Waals surface area (Å²) in [4.78, 5) is 8.38. The Morgan fingerprint density at radius 2 is 2.33 bits per heavy atom. The summed E-state index contributed by atoms with van der Waals surface area (Å²) in [5.41, 5.74) is 2.05. The first-order valence-electron chi connectivity index (χ1n) is 5.85. The first-order valence-corrected chi connectivity index (χ1v) is 5.85. The van der Waals surface area contributed by atoms with Crippen LogP contribution in [0, 0.1) is 0 Å². The van der Waals surface area contributed by atoms with Crippen LogP contribution in [-0.4, -0.2) is 35.4 Å². The van der Waals surface area contributed by atoms with E-state index in [-0.39, 0.29) is 0 Å². The zero-order valence-electron chi connectivity index (χ0n) is 10.5. The molecule has 0 aliphatic carbocycles. The molecule has 0 aliphatic heterocycles. The lowest BCUT2D eigenvalue weighted by Gasteiger charge is -2.01. The molecule has 0 aromatic carbocycles. The molecule has 2 rings (SSSR count). The van der Waals surface area contributed by atoms with Crippen molar-refractivity contribution in [2.24, 2.45) is 0 Å². The van der Waals surface area contributed by atoms with Gasteiger partial charge in [0.05, 0.1) is 6.61 Å². The maximum Gasteiger partial charge on any atom is 0.321 e. The molecule has 1 N–H and O–H groups in total. The second kappa shape index (κ2) is 6.11. The molecule has 0 unspecified atom stereocenters. The van der Waals surface area contributed by atoms with Crippen LogP contribution in [0.1, 0.15) is 12.5 Å². The van der Waals surface area contributed by atoms with Gasteiger partial charge in [0.1, 0.15) is 0 Å². The smallest absolute Gasteiger partial charge is 0.321 e. The summed E-state index contributed by atoms with van der Waals surface area (Å²) in [5.74, 6) is 0.578. The minimum atomic E-state index is 0.404. The fraction of sp³-hybridized carbons (Fsp3) is 0.417. The minimum Gasteiger partial charge on any atom is -0.383 e. The molecule has 6 heteroatoms. The Hall–Kier alpha value is -1.95. The van der Waals surface area contributed by atoms with Crippen LogP contribution in [0.25, 0.3) is 11.4 Å². The highest BCUT2D eigenvalue weighted by Gasteiger charge is 2.11. The Morgan fingerprint density at radius 1 is 1.44 bits per heavy atom. The normalized spacial score (nSPS) is 10.6. The van der Waals surface area contributed by atoms with E-state index in [4.69, 9.17) is 9.26 Å². The van der Waals surface area contributed by atoms with E-state index in [1.54, 1.807) is 13.3 Å². The molecule has 0 saturated heterocycles. The molecule has 0 bridgehead atoms. The van der Waals surface area contributed by atoms with Gasteiger partial charge in [0, 0.05) is 31.6 Å². The average Bonchev–Trinajstić information content (AvgIpc) is 2.88. The zero-order valence-corrected chi connectivity index (χ0v) is 10.5. The SMILES string of the molecule is CCc1cnccc1-c1noc(NCCOC)n1. The molecular formula is C12H16N4O2. The molecule has 0 spiro atoms. The van der Waals surface area contributed by atoms with Crippen molar-refractivity contribution in [2.75, 3.05) is 25.6 Å². The number of pyridine rings is 1. The predicted molar refractivity (Wildman–Crippen MR) is 67.3 cm³/mol. The molecule has 0 radical (unpaired) electrons. The summed E-state index contributed by atoms with van der Waals surface area (Å²) in [6, 6.07) is 2.30. The summed E-state index contributed by atoms with van der Waals surface area (Å²) in [6.45, 7) is 3.29. The van der Waals surface area contributed by atoms with Gasteiger partial charge in [-0.15, -0.1) is 0 Å². The van der Waals surface area contributed by atoms with E-state index in [2.05, 4.69) is 27.4 Å².